The Hall–Kier alpha value is -2.73. The summed E-state index contributed by atoms with van der Waals surface area (Å²) in [7, 11) is 1.86. The van der Waals surface area contributed by atoms with Crippen LogP contribution >= 0.6 is 0 Å². The van der Waals surface area contributed by atoms with E-state index >= 15 is 0 Å². The number of carbonyl (C=O) groups is 1. The number of nitrogens with two attached hydrogens (primary N) is 1. The van der Waals surface area contributed by atoms with E-state index in [9.17, 15) is 4.79 Å². The van der Waals surface area contributed by atoms with Gasteiger partial charge in [0.15, 0.2) is 0 Å². The molecule has 1 fully saturated rings. The molecule has 3 rings (SSSR count). The van der Waals surface area contributed by atoms with Crippen LogP contribution in [0.2, 0.25) is 0 Å². The lowest BCUT2D eigenvalue weighted by molar-refractivity contribution is -0.125. The number of amides is 1. The molecule has 2 aromatic rings. The van der Waals surface area contributed by atoms with Crippen LogP contribution in [-0.4, -0.2) is 52.4 Å². The summed E-state index contributed by atoms with van der Waals surface area (Å²) < 4.78 is 0. The van der Waals surface area contributed by atoms with E-state index in [0.29, 0.717) is 5.92 Å². The van der Waals surface area contributed by atoms with Gasteiger partial charge in [-0.3, -0.25) is 9.69 Å². The normalized spacial score (nSPS) is 15.9. The van der Waals surface area contributed by atoms with Gasteiger partial charge in [0.1, 0.15) is 0 Å². The van der Waals surface area contributed by atoms with Crippen LogP contribution in [0.4, 0.5) is 5.95 Å². The summed E-state index contributed by atoms with van der Waals surface area (Å²) in [5, 5.41) is 0. The summed E-state index contributed by atoms with van der Waals surface area (Å²) >= 11 is 0. The molecule has 1 aliphatic heterocycles. The summed E-state index contributed by atoms with van der Waals surface area (Å²) in [6, 6.07) is 10.6. The van der Waals surface area contributed by atoms with Crippen LogP contribution < -0.4 is 5.73 Å². The number of likely N-dealkylation sites (tertiary alicyclic amines) is 1. The van der Waals surface area contributed by atoms with Gasteiger partial charge in [-0.05, 0) is 43.5 Å². The minimum atomic E-state index is -0.00135. The number of benzene rings is 1. The van der Waals surface area contributed by atoms with Crippen molar-refractivity contribution < 1.29 is 4.79 Å². The minimum absolute atomic E-state index is 0.00135. The van der Waals surface area contributed by atoms with E-state index in [1.54, 1.807) is 29.4 Å². The SMILES string of the molecule is CN(CC1CCN(Cc2ccccc2)CC1)C(=O)/C=C/c1cnc(N)nc1. The number of nitrogen functional groups attached to an aromatic ring is 1. The molecule has 1 aliphatic rings. The van der Waals surface area contributed by atoms with Crippen LogP contribution in [0.25, 0.3) is 6.08 Å². The summed E-state index contributed by atoms with van der Waals surface area (Å²) in [5.74, 6) is 0.784. The first-order chi connectivity index (χ1) is 13.1. The second-order valence-corrected chi connectivity index (χ2v) is 7.13. The number of rotatable bonds is 6. The van der Waals surface area contributed by atoms with Gasteiger partial charge in [-0.15, -0.1) is 0 Å². The summed E-state index contributed by atoms with van der Waals surface area (Å²) in [5.41, 5.74) is 7.59. The molecule has 0 radical (unpaired) electrons. The number of aromatic nitrogens is 2. The van der Waals surface area contributed by atoms with Crippen molar-refractivity contribution in [2.45, 2.75) is 19.4 Å². The van der Waals surface area contributed by atoms with E-state index in [4.69, 9.17) is 5.73 Å². The van der Waals surface area contributed by atoms with Crippen molar-refractivity contribution in [3.63, 3.8) is 0 Å². The fourth-order valence-corrected chi connectivity index (χ4v) is 3.37. The molecular formula is C21H27N5O. The Morgan fingerprint density at radius 2 is 1.89 bits per heavy atom. The van der Waals surface area contributed by atoms with E-state index in [1.165, 1.54) is 5.56 Å². The number of hydrogen-bond donors (Lipinski definition) is 1. The first-order valence-electron chi connectivity index (χ1n) is 9.37. The highest BCUT2D eigenvalue weighted by Crippen LogP contribution is 2.20. The molecule has 1 aromatic heterocycles. The van der Waals surface area contributed by atoms with Gasteiger partial charge in [0.05, 0.1) is 0 Å². The number of nitrogens with zero attached hydrogens (tertiary/aromatic N) is 4. The molecule has 0 saturated carbocycles. The number of piperidine rings is 1. The van der Waals surface area contributed by atoms with E-state index in [-0.39, 0.29) is 11.9 Å². The lowest BCUT2D eigenvalue weighted by Crippen LogP contribution is -2.38. The molecule has 0 unspecified atom stereocenters. The maximum Gasteiger partial charge on any atom is 0.246 e. The van der Waals surface area contributed by atoms with Gasteiger partial charge in [0.2, 0.25) is 11.9 Å². The molecule has 27 heavy (non-hydrogen) atoms. The van der Waals surface area contributed by atoms with E-state index in [1.807, 2.05) is 7.05 Å². The van der Waals surface area contributed by atoms with E-state index in [0.717, 1.165) is 44.6 Å². The van der Waals surface area contributed by atoms with Crippen LogP contribution in [0.15, 0.2) is 48.8 Å². The Kier molecular flexibility index (Phi) is 6.54. The van der Waals surface area contributed by atoms with Gasteiger partial charge >= 0.3 is 0 Å². The van der Waals surface area contributed by atoms with E-state index in [2.05, 4.69) is 45.2 Å². The smallest absolute Gasteiger partial charge is 0.246 e. The summed E-state index contributed by atoms with van der Waals surface area (Å²) in [6.45, 7) is 3.97. The fraction of sp³-hybridized carbons (Fsp3) is 0.381. The van der Waals surface area contributed by atoms with Crippen LogP contribution in [-0.2, 0) is 11.3 Å². The molecule has 0 atom stereocenters. The molecule has 2 heterocycles. The lowest BCUT2D eigenvalue weighted by atomic mass is 9.96. The minimum Gasteiger partial charge on any atom is -0.368 e. The van der Waals surface area contributed by atoms with Gasteiger partial charge in [-0.1, -0.05) is 30.3 Å². The fourth-order valence-electron chi connectivity index (χ4n) is 3.37. The third-order valence-electron chi connectivity index (χ3n) is 4.97. The average molecular weight is 365 g/mol. The highest BCUT2D eigenvalue weighted by Gasteiger charge is 2.21. The van der Waals surface area contributed by atoms with Crippen molar-refractivity contribution in [1.82, 2.24) is 19.8 Å². The molecule has 1 aromatic carbocycles. The van der Waals surface area contributed by atoms with Crippen molar-refractivity contribution in [3.8, 4) is 0 Å². The molecule has 1 amide bonds. The quantitative estimate of drug-likeness (QED) is 0.796. The maximum absolute atomic E-state index is 12.3. The Morgan fingerprint density at radius 1 is 1.22 bits per heavy atom. The van der Waals surface area contributed by atoms with Gasteiger partial charge < -0.3 is 10.6 Å². The maximum atomic E-state index is 12.3. The third kappa shape index (κ3) is 5.89. The first-order valence-corrected chi connectivity index (χ1v) is 9.37. The van der Waals surface area contributed by atoms with Crippen LogP contribution in [0, 0.1) is 5.92 Å². The predicted octanol–water partition coefficient (Wildman–Crippen LogP) is 2.44. The van der Waals surface area contributed by atoms with Crippen LogP contribution in [0.3, 0.4) is 0 Å². The first kappa shape index (κ1) is 19.0. The molecule has 0 bridgehead atoms. The largest absolute Gasteiger partial charge is 0.368 e. The number of anilines is 1. The highest BCUT2D eigenvalue weighted by atomic mass is 16.2. The Bertz CT molecular complexity index is 752. The topological polar surface area (TPSA) is 75.3 Å². The Labute approximate surface area is 160 Å². The molecular weight excluding hydrogens is 338 g/mol. The molecule has 0 aliphatic carbocycles. The number of likely N-dealkylation sites (N-methyl/N-ethyl adjacent to an activating group) is 1. The second kappa shape index (κ2) is 9.28. The Balaban J connectivity index is 1.42. The second-order valence-electron chi connectivity index (χ2n) is 7.13. The van der Waals surface area contributed by atoms with Crippen molar-refractivity contribution in [3.05, 3.63) is 59.9 Å². The van der Waals surface area contributed by atoms with Gasteiger partial charge in [0.25, 0.3) is 0 Å². The van der Waals surface area contributed by atoms with Crippen molar-refractivity contribution >= 4 is 17.9 Å². The van der Waals surface area contributed by atoms with Gasteiger partial charge in [-0.2, -0.15) is 0 Å². The number of carbonyl (C=O) groups excluding carboxylic acids is 1. The van der Waals surface area contributed by atoms with E-state index < -0.39 is 0 Å². The zero-order valence-corrected chi connectivity index (χ0v) is 15.8. The highest BCUT2D eigenvalue weighted by molar-refractivity contribution is 5.91. The zero-order valence-electron chi connectivity index (χ0n) is 15.8. The molecule has 2 N–H and O–H groups in total. The van der Waals surface area contributed by atoms with Gasteiger partial charge in [0, 0.05) is 44.2 Å². The van der Waals surface area contributed by atoms with Crippen molar-refractivity contribution in [2.24, 2.45) is 5.92 Å². The zero-order chi connectivity index (χ0) is 19.1. The average Bonchev–Trinajstić information content (AvgIpc) is 2.69. The lowest BCUT2D eigenvalue weighted by Gasteiger charge is -2.33. The van der Waals surface area contributed by atoms with Crippen LogP contribution in [0.5, 0.6) is 0 Å². The molecule has 6 heteroatoms. The van der Waals surface area contributed by atoms with Crippen molar-refractivity contribution in [1.29, 1.82) is 0 Å². The summed E-state index contributed by atoms with van der Waals surface area (Å²) in [6.07, 6.45) is 8.75. The molecule has 6 nitrogen and oxygen atoms in total. The standard InChI is InChI=1S/C21H27N5O/c1-25(20(27)8-7-19-13-23-21(22)24-14-19)15-18-9-11-26(12-10-18)16-17-5-3-2-4-6-17/h2-8,13-14,18H,9-12,15-16H2,1H3,(H2,22,23,24)/b8-7+. The predicted molar refractivity (Wildman–Crippen MR) is 108 cm³/mol. The molecule has 142 valence electrons. The molecule has 1 saturated heterocycles. The molecule has 0 spiro atoms. The third-order valence-corrected chi connectivity index (χ3v) is 4.97. The van der Waals surface area contributed by atoms with Gasteiger partial charge in [-0.25, -0.2) is 9.97 Å². The van der Waals surface area contributed by atoms with Crippen molar-refractivity contribution in [2.75, 3.05) is 32.4 Å². The van der Waals surface area contributed by atoms with Crippen LogP contribution in [0.1, 0.15) is 24.0 Å². The summed E-state index contributed by atoms with van der Waals surface area (Å²) in [4.78, 5) is 24.5. The monoisotopic (exact) mass is 365 g/mol. The Morgan fingerprint density at radius 3 is 2.56 bits per heavy atom. The number of hydrogen-bond acceptors (Lipinski definition) is 5.